The van der Waals surface area contributed by atoms with Crippen molar-refractivity contribution < 1.29 is 38.3 Å². The topological polar surface area (TPSA) is 205 Å². The Kier molecular flexibility index (Phi) is 9.90. The van der Waals surface area contributed by atoms with Gasteiger partial charge in [-0.3, -0.25) is 19.7 Å². The summed E-state index contributed by atoms with van der Waals surface area (Å²) >= 11 is 0.996. The minimum Gasteiger partial charge on any atom is -0.450 e. The molecule has 1 saturated heterocycles. The molecule has 3 N–H and O–H groups in total. The number of carbonyl (C=O) groups is 5. The van der Waals surface area contributed by atoms with Crippen molar-refractivity contribution >= 4 is 52.3 Å². The third kappa shape index (κ3) is 8.43. The highest BCUT2D eigenvalue weighted by Gasteiger charge is 2.56. The zero-order chi connectivity index (χ0) is 36.2. The molecule has 3 amide bonds. The van der Waals surface area contributed by atoms with Crippen molar-refractivity contribution in [2.75, 3.05) is 5.32 Å². The number of aromatic nitrogens is 4. The second-order valence-electron chi connectivity index (χ2n) is 12.8. The van der Waals surface area contributed by atoms with Crippen LogP contribution in [0.25, 0.3) is 0 Å². The average Bonchev–Trinajstić information content (AvgIpc) is 3.52. The van der Waals surface area contributed by atoms with Gasteiger partial charge >= 0.3 is 12.1 Å². The summed E-state index contributed by atoms with van der Waals surface area (Å²) in [6, 6.07) is 16.9. The lowest BCUT2D eigenvalue weighted by atomic mass is 9.98. The molecule has 4 aromatic rings. The van der Waals surface area contributed by atoms with Crippen LogP contribution in [0.4, 0.5) is 9.93 Å². The van der Waals surface area contributed by atoms with Crippen molar-refractivity contribution in [3.8, 4) is 0 Å². The van der Waals surface area contributed by atoms with Gasteiger partial charge in [-0.05, 0) is 31.9 Å². The van der Waals surface area contributed by atoms with Crippen LogP contribution in [0.2, 0.25) is 0 Å². The highest BCUT2D eigenvalue weighted by Crippen LogP contribution is 2.43. The molecule has 51 heavy (non-hydrogen) atoms. The van der Waals surface area contributed by atoms with Crippen molar-refractivity contribution in [3.05, 3.63) is 94.8 Å². The van der Waals surface area contributed by atoms with E-state index in [0.29, 0.717) is 6.29 Å². The maximum absolute atomic E-state index is 13.8. The number of rotatable bonds is 13. The summed E-state index contributed by atoms with van der Waals surface area (Å²) in [5.41, 5.74) is -0.977. The Morgan fingerprint density at radius 2 is 1.76 bits per heavy atom. The summed E-state index contributed by atoms with van der Waals surface area (Å²) < 4.78 is 11.3. The first-order valence-electron chi connectivity index (χ1n) is 15.9. The van der Waals surface area contributed by atoms with E-state index in [1.807, 2.05) is 60.7 Å². The lowest BCUT2D eigenvalue weighted by Gasteiger charge is -2.36. The molecule has 0 bridgehead atoms. The molecule has 3 heterocycles. The number of thiazole rings is 1. The van der Waals surface area contributed by atoms with Gasteiger partial charge in [-0.1, -0.05) is 65.8 Å². The van der Waals surface area contributed by atoms with Gasteiger partial charge in [0.1, 0.15) is 23.0 Å². The summed E-state index contributed by atoms with van der Waals surface area (Å²) in [5, 5.41) is 21.5. The molecule has 6 rings (SSSR count). The summed E-state index contributed by atoms with van der Waals surface area (Å²) in [6.07, 6.45) is 0.873. The number of anilines is 1. The Morgan fingerprint density at radius 1 is 1.10 bits per heavy atom. The summed E-state index contributed by atoms with van der Waals surface area (Å²) in [7, 11) is 0. The predicted molar refractivity (Wildman–Crippen MR) is 182 cm³/mol. The Balaban J connectivity index is 1.23. The number of nitrogens with zero attached hydrogens (tertiary/aromatic N) is 5. The average molecular weight is 715 g/mol. The fourth-order valence-corrected chi connectivity index (χ4v) is 5.69. The van der Waals surface area contributed by atoms with Crippen molar-refractivity contribution in [2.24, 2.45) is 5.16 Å². The van der Waals surface area contributed by atoms with Crippen LogP contribution >= 0.6 is 11.3 Å². The quantitative estimate of drug-likeness (QED) is 0.0603. The molecule has 264 valence electrons. The van der Waals surface area contributed by atoms with E-state index in [1.165, 1.54) is 16.4 Å². The van der Waals surface area contributed by atoms with Crippen molar-refractivity contribution in [1.82, 2.24) is 30.6 Å². The predicted octanol–water partition coefficient (Wildman–Crippen LogP) is 3.16. The number of hydrogen-bond acceptors (Lipinski definition) is 13. The smallest absolute Gasteiger partial charge is 0.413 e. The highest BCUT2D eigenvalue weighted by atomic mass is 32.1. The van der Waals surface area contributed by atoms with Gasteiger partial charge in [0.15, 0.2) is 23.2 Å². The van der Waals surface area contributed by atoms with Gasteiger partial charge in [-0.15, -0.1) is 11.3 Å². The Bertz CT molecular complexity index is 1910. The second kappa shape index (κ2) is 14.5. The third-order valence-electron chi connectivity index (χ3n) is 7.72. The normalized spacial score (nSPS) is 17.8. The third-order valence-corrected chi connectivity index (χ3v) is 8.48. The minimum atomic E-state index is -1.47. The van der Waals surface area contributed by atoms with E-state index in [-0.39, 0.29) is 41.6 Å². The van der Waals surface area contributed by atoms with Crippen LogP contribution in [0.5, 0.6) is 0 Å². The minimum absolute atomic E-state index is 0.000164. The molecular formula is C34H34N8O8S. The van der Waals surface area contributed by atoms with Crippen LogP contribution in [-0.2, 0) is 35.2 Å². The van der Waals surface area contributed by atoms with Gasteiger partial charge in [0.25, 0.3) is 5.91 Å². The van der Waals surface area contributed by atoms with Crippen LogP contribution < -0.4 is 16.0 Å². The Morgan fingerprint density at radius 3 is 2.33 bits per heavy atom. The molecule has 2 aromatic heterocycles. The molecule has 0 unspecified atom stereocenters. The number of hydrogen-bond donors (Lipinski definition) is 3. The van der Waals surface area contributed by atoms with Crippen molar-refractivity contribution in [2.45, 2.75) is 69.5 Å². The molecule has 2 aliphatic rings. The summed E-state index contributed by atoms with van der Waals surface area (Å²) in [4.78, 5) is 74.7. The number of β-lactam (4-membered cyclic amide) rings is 1. The maximum Gasteiger partial charge on any atom is 0.413 e. The number of amides is 3. The Labute approximate surface area is 295 Å². The van der Waals surface area contributed by atoms with Crippen molar-refractivity contribution in [1.29, 1.82) is 0 Å². The zero-order valence-corrected chi connectivity index (χ0v) is 28.6. The molecule has 1 saturated carbocycles. The van der Waals surface area contributed by atoms with Gasteiger partial charge < -0.3 is 24.9 Å². The number of aldehydes is 1. The number of ether oxygens (including phenoxy) is 2. The highest BCUT2D eigenvalue weighted by molar-refractivity contribution is 7.14. The molecule has 2 fully saturated rings. The molecule has 17 heteroatoms. The van der Waals surface area contributed by atoms with E-state index in [0.717, 1.165) is 22.5 Å². The molecular weight excluding hydrogens is 680 g/mol. The molecule has 0 spiro atoms. The molecule has 16 nitrogen and oxygen atoms in total. The lowest BCUT2D eigenvalue weighted by molar-refractivity contribution is -0.164. The van der Waals surface area contributed by atoms with Crippen LogP contribution in [0, 0.1) is 0 Å². The fourth-order valence-electron chi connectivity index (χ4n) is 5.01. The number of carbonyl (C=O) groups excluding carboxylic acids is 5. The number of esters is 1. The van der Waals surface area contributed by atoms with Crippen molar-refractivity contribution in [3.63, 3.8) is 0 Å². The van der Waals surface area contributed by atoms with Gasteiger partial charge in [0.2, 0.25) is 11.5 Å². The first kappa shape index (κ1) is 34.9. The van der Waals surface area contributed by atoms with Crippen LogP contribution in [0.3, 0.4) is 0 Å². The van der Waals surface area contributed by atoms with Crippen LogP contribution in [0.15, 0.2) is 77.4 Å². The van der Waals surface area contributed by atoms with Gasteiger partial charge in [0.05, 0.1) is 18.8 Å². The lowest BCUT2D eigenvalue weighted by Crippen LogP contribution is -2.70. The maximum atomic E-state index is 13.8. The number of nitrogens with one attached hydrogen (secondary N) is 3. The number of benzene rings is 2. The molecule has 0 radical (unpaired) electrons. The van der Waals surface area contributed by atoms with Gasteiger partial charge in [0, 0.05) is 18.2 Å². The SMILES string of the molecule is CC(C)(C)OC(=O)Nc1nc(/C(=N\OC2(C(=O)OC(c3ccccc3)c3ccccc3)CC2)C(=O)N[C@@H]2C(=O)N[C@@H]2Cn2ncc(C=O)n2)cs1. The Hall–Kier alpha value is -5.97. The fraction of sp³-hybridized carbons (Fsp3) is 0.324. The summed E-state index contributed by atoms with van der Waals surface area (Å²) in [6.45, 7) is 5.19. The van der Waals surface area contributed by atoms with Gasteiger partial charge in [-0.2, -0.15) is 15.0 Å². The zero-order valence-electron chi connectivity index (χ0n) is 27.8. The molecule has 2 atom stereocenters. The second-order valence-corrected chi connectivity index (χ2v) is 13.7. The first-order valence-corrected chi connectivity index (χ1v) is 16.8. The largest absolute Gasteiger partial charge is 0.450 e. The van der Waals surface area contributed by atoms with E-state index in [2.05, 4.69) is 36.3 Å². The van der Waals surface area contributed by atoms with Crippen LogP contribution in [-0.4, -0.2) is 79.1 Å². The van der Waals surface area contributed by atoms with E-state index in [4.69, 9.17) is 14.3 Å². The van der Waals surface area contributed by atoms with E-state index < -0.39 is 53.3 Å². The summed E-state index contributed by atoms with van der Waals surface area (Å²) in [5.74, 6) is -1.99. The van der Waals surface area contributed by atoms with Crippen LogP contribution in [0.1, 0.15) is 67.0 Å². The van der Waals surface area contributed by atoms with E-state index >= 15 is 0 Å². The molecule has 1 aliphatic heterocycles. The van der Waals surface area contributed by atoms with E-state index in [1.54, 1.807) is 20.8 Å². The van der Waals surface area contributed by atoms with E-state index in [9.17, 15) is 24.0 Å². The number of oxime groups is 1. The standard InChI is InChI=1S/C34H34N8O8S/c1-33(2,3)49-32(47)39-31-37-24(19-51-31)26(29(45)38-25-23(36-28(25)44)17-42-35-16-22(18-43)40-42)41-50-34(14-15-34)30(46)48-27(20-10-6-4-7-11-20)21-12-8-5-9-13-21/h4-13,16,18-19,23,25,27H,14-15,17H2,1-3H3,(H,36,44)(H,38,45)(H,37,39,47)/b41-26+/t23-,25+/m1/s1. The first-order chi connectivity index (χ1) is 24.4. The monoisotopic (exact) mass is 714 g/mol. The molecule has 2 aromatic carbocycles. The van der Waals surface area contributed by atoms with Gasteiger partial charge in [-0.25, -0.2) is 14.6 Å². The molecule has 1 aliphatic carbocycles.